The monoisotopic (exact) mass is 395 g/mol. The lowest BCUT2D eigenvalue weighted by molar-refractivity contribution is -0.151. The zero-order chi connectivity index (χ0) is 16.5. The maximum atomic E-state index is 12.8. The van der Waals surface area contributed by atoms with Gasteiger partial charge in [0.25, 0.3) is 0 Å². The van der Waals surface area contributed by atoms with Crippen molar-refractivity contribution >= 4 is 36.7 Å². The quantitative estimate of drug-likeness (QED) is 0.841. The largest absolute Gasteiger partial charge is 0.404 e. The summed E-state index contributed by atoms with van der Waals surface area (Å²) in [5.41, 5.74) is 0. The number of rotatable bonds is 4. The molecular weight excluding hydrogens is 383 g/mol. The van der Waals surface area contributed by atoms with E-state index in [1.807, 2.05) is 0 Å². The predicted molar refractivity (Wildman–Crippen MR) is 82.1 cm³/mol. The van der Waals surface area contributed by atoms with Gasteiger partial charge in [-0.3, -0.25) is 0 Å². The summed E-state index contributed by atoms with van der Waals surface area (Å²) in [6.07, 6.45) is -5.01. The first-order chi connectivity index (χ1) is 10.2. The number of fused-ring (bicyclic) bond motifs is 1. The van der Waals surface area contributed by atoms with E-state index in [0.717, 1.165) is 0 Å². The van der Waals surface area contributed by atoms with Crippen molar-refractivity contribution in [2.24, 2.45) is 0 Å². The molecule has 2 rings (SSSR count). The highest BCUT2D eigenvalue weighted by molar-refractivity contribution is 9.10. The Morgan fingerprint density at radius 1 is 1.14 bits per heavy atom. The Morgan fingerprint density at radius 3 is 2.27 bits per heavy atom. The van der Waals surface area contributed by atoms with Gasteiger partial charge in [0.15, 0.2) is 0 Å². The highest BCUT2D eigenvalue weighted by Gasteiger charge is 2.41. The summed E-state index contributed by atoms with van der Waals surface area (Å²) >= 11 is 3.30. The Morgan fingerprint density at radius 2 is 1.73 bits per heavy atom. The number of halogens is 4. The molecule has 0 aliphatic rings. The fourth-order valence-electron chi connectivity index (χ4n) is 2.10. The Balaban J connectivity index is 2.53. The van der Waals surface area contributed by atoms with Crippen molar-refractivity contribution in [2.75, 3.05) is 0 Å². The fraction of sp³-hybridized carbons (Fsp3) is 0.286. The molecule has 0 fully saturated rings. The average Bonchev–Trinajstić information content (AvgIpc) is 2.44. The molecule has 1 atom stereocenters. The first-order valence-corrected chi connectivity index (χ1v) is 8.70. The van der Waals surface area contributed by atoms with E-state index in [9.17, 15) is 21.6 Å². The van der Waals surface area contributed by atoms with Crippen LogP contribution in [0, 0.1) is 0 Å². The van der Waals surface area contributed by atoms with Gasteiger partial charge in [-0.1, -0.05) is 47.1 Å². The van der Waals surface area contributed by atoms with Crippen LogP contribution >= 0.6 is 15.9 Å². The minimum atomic E-state index is -4.63. The van der Waals surface area contributed by atoms with Gasteiger partial charge < -0.3 is 0 Å². The molecule has 2 aromatic carbocycles. The third-order valence-corrected chi connectivity index (χ3v) is 5.44. The SMILES string of the molecule is CCC(NS(=O)(=O)c1ccc(Br)c2ccccc12)C(F)(F)F. The smallest absolute Gasteiger partial charge is 0.207 e. The third kappa shape index (κ3) is 3.44. The Hall–Kier alpha value is -1.12. The molecule has 8 heteroatoms. The molecule has 0 aliphatic heterocycles. The molecular formula is C14H13BrF3NO2S. The van der Waals surface area contributed by atoms with E-state index in [2.05, 4.69) is 15.9 Å². The van der Waals surface area contributed by atoms with Crippen molar-refractivity contribution in [3.63, 3.8) is 0 Å². The lowest BCUT2D eigenvalue weighted by atomic mass is 10.1. The third-order valence-electron chi connectivity index (χ3n) is 3.22. The van der Waals surface area contributed by atoms with Gasteiger partial charge in [0, 0.05) is 9.86 Å². The van der Waals surface area contributed by atoms with Crippen molar-refractivity contribution in [3.8, 4) is 0 Å². The molecule has 0 amide bonds. The second kappa shape index (κ2) is 6.17. The first kappa shape index (κ1) is 17.2. The van der Waals surface area contributed by atoms with Gasteiger partial charge in [0.05, 0.1) is 4.90 Å². The van der Waals surface area contributed by atoms with E-state index in [0.29, 0.717) is 15.2 Å². The van der Waals surface area contributed by atoms with Gasteiger partial charge in [0.2, 0.25) is 10.0 Å². The molecule has 0 spiro atoms. The first-order valence-electron chi connectivity index (χ1n) is 6.43. The van der Waals surface area contributed by atoms with Crippen LogP contribution in [0.2, 0.25) is 0 Å². The van der Waals surface area contributed by atoms with Gasteiger partial charge >= 0.3 is 6.18 Å². The molecule has 0 aromatic heterocycles. The van der Waals surface area contributed by atoms with Crippen molar-refractivity contribution in [2.45, 2.75) is 30.5 Å². The molecule has 0 aliphatic carbocycles. The minimum Gasteiger partial charge on any atom is -0.207 e. The van der Waals surface area contributed by atoms with Crippen molar-refractivity contribution in [3.05, 3.63) is 40.9 Å². The maximum absolute atomic E-state index is 12.8. The number of benzene rings is 2. The van der Waals surface area contributed by atoms with Gasteiger partial charge in [-0.15, -0.1) is 0 Å². The average molecular weight is 396 g/mol. The van der Waals surface area contributed by atoms with E-state index in [4.69, 9.17) is 0 Å². The van der Waals surface area contributed by atoms with Gasteiger partial charge in [-0.05, 0) is 23.9 Å². The van der Waals surface area contributed by atoms with Gasteiger partial charge in [0.1, 0.15) is 6.04 Å². The molecule has 22 heavy (non-hydrogen) atoms. The molecule has 0 saturated carbocycles. The van der Waals surface area contributed by atoms with Crippen molar-refractivity contribution < 1.29 is 21.6 Å². The molecule has 1 unspecified atom stereocenters. The number of hydrogen-bond donors (Lipinski definition) is 1. The number of nitrogens with one attached hydrogen (secondary N) is 1. The highest BCUT2D eigenvalue weighted by atomic mass is 79.9. The fourth-order valence-corrected chi connectivity index (χ4v) is 4.10. The normalized spacial score (nSPS) is 14.2. The number of sulfonamides is 1. The summed E-state index contributed by atoms with van der Waals surface area (Å²) in [4.78, 5) is -0.172. The minimum absolute atomic E-state index is 0.172. The lowest BCUT2D eigenvalue weighted by Crippen LogP contribution is -2.44. The maximum Gasteiger partial charge on any atom is 0.404 e. The van der Waals surface area contributed by atoms with E-state index in [1.54, 1.807) is 29.0 Å². The molecule has 3 nitrogen and oxygen atoms in total. The van der Waals surface area contributed by atoms with Crippen LogP contribution in [-0.2, 0) is 10.0 Å². The lowest BCUT2D eigenvalue weighted by Gasteiger charge is -2.20. The predicted octanol–water partition coefficient (Wildman–Crippen LogP) is 4.22. The van der Waals surface area contributed by atoms with Gasteiger partial charge in [-0.25, -0.2) is 8.42 Å². The molecule has 0 saturated heterocycles. The second-order valence-electron chi connectivity index (χ2n) is 4.71. The van der Waals surface area contributed by atoms with Crippen LogP contribution in [0.4, 0.5) is 13.2 Å². The number of alkyl halides is 3. The second-order valence-corrected chi connectivity index (χ2v) is 7.25. The molecule has 0 heterocycles. The summed E-state index contributed by atoms with van der Waals surface area (Å²) in [5.74, 6) is 0. The van der Waals surface area contributed by atoms with E-state index >= 15 is 0 Å². The van der Waals surface area contributed by atoms with E-state index in [-0.39, 0.29) is 11.3 Å². The standard InChI is InChI=1S/C14H13BrF3NO2S/c1-2-13(14(16,17)18)19-22(20,21)12-8-7-11(15)9-5-3-4-6-10(9)12/h3-8,13,19H,2H2,1H3. The number of hydrogen-bond acceptors (Lipinski definition) is 2. The Labute approximate surface area is 134 Å². The molecule has 1 N–H and O–H groups in total. The molecule has 0 radical (unpaired) electrons. The molecule has 2 aromatic rings. The van der Waals surface area contributed by atoms with Gasteiger partial charge in [-0.2, -0.15) is 17.9 Å². The Bertz CT molecular complexity index is 790. The van der Waals surface area contributed by atoms with E-state index in [1.165, 1.54) is 19.1 Å². The van der Waals surface area contributed by atoms with Crippen molar-refractivity contribution in [1.82, 2.24) is 4.72 Å². The highest BCUT2D eigenvalue weighted by Crippen LogP contribution is 2.30. The van der Waals surface area contributed by atoms with E-state index < -0.39 is 22.2 Å². The van der Waals surface area contributed by atoms with Crippen LogP contribution in [0.3, 0.4) is 0 Å². The molecule has 0 bridgehead atoms. The summed E-state index contributed by atoms with van der Waals surface area (Å²) in [7, 11) is -4.29. The van der Waals surface area contributed by atoms with Crippen LogP contribution < -0.4 is 4.72 Å². The summed E-state index contributed by atoms with van der Waals surface area (Å²) in [5, 5.41) is 0.979. The van der Waals surface area contributed by atoms with Crippen LogP contribution in [0.15, 0.2) is 45.8 Å². The van der Waals surface area contributed by atoms with Crippen LogP contribution in [-0.4, -0.2) is 20.6 Å². The summed E-state index contributed by atoms with van der Waals surface area (Å²) in [6, 6.07) is 7.29. The van der Waals surface area contributed by atoms with Crippen molar-refractivity contribution in [1.29, 1.82) is 0 Å². The van der Waals surface area contributed by atoms with Crippen LogP contribution in [0.5, 0.6) is 0 Å². The zero-order valence-electron chi connectivity index (χ0n) is 11.5. The zero-order valence-corrected chi connectivity index (χ0v) is 13.9. The van der Waals surface area contributed by atoms with Crippen LogP contribution in [0.1, 0.15) is 13.3 Å². The Kier molecular flexibility index (Phi) is 4.84. The topological polar surface area (TPSA) is 46.2 Å². The van der Waals surface area contributed by atoms with Crippen LogP contribution in [0.25, 0.3) is 10.8 Å². The summed E-state index contributed by atoms with van der Waals surface area (Å²) < 4.78 is 65.5. The molecule has 120 valence electrons. The summed E-state index contributed by atoms with van der Waals surface area (Å²) in [6.45, 7) is 1.28.